The minimum absolute atomic E-state index is 0.118. The van der Waals surface area contributed by atoms with Crippen LogP contribution in [0.15, 0.2) is 0 Å². The number of likely N-dealkylation sites (tertiary alicyclic amines) is 1. The van der Waals surface area contributed by atoms with E-state index in [2.05, 4.69) is 31.9 Å². The molecule has 98 valence electrons. The molecular formula is C11H10Br2NO4-. The highest BCUT2D eigenvalue weighted by Crippen LogP contribution is 2.60. The Labute approximate surface area is 120 Å². The van der Waals surface area contributed by atoms with Crippen LogP contribution < -0.4 is 5.11 Å². The second kappa shape index (κ2) is 4.03. The minimum Gasteiger partial charge on any atom is -0.548 e. The number of carboxylic acid groups (broad SMARTS) is 1. The maximum absolute atomic E-state index is 12.2. The predicted octanol–water partition coefficient (Wildman–Crippen LogP) is -0.486. The van der Waals surface area contributed by atoms with Crippen LogP contribution in [-0.2, 0) is 14.4 Å². The average Bonchev–Trinajstić information content (AvgIpc) is 2.88. The van der Waals surface area contributed by atoms with Crippen molar-refractivity contribution in [2.24, 2.45) is 23.7 Å². The fourth-order valence-corrected chi connectivity index (χ4v) is 5.57. The average molecular weight is 380 g/mol. The summed E-state index contributed by atoms with van der Waals surface area (Å²) in [5, 5.41) is 10.6. The second-order valence-corrected chi connectivity index (χ2v) is 7.25. The van der Waals surface area contributed by atoms with Crippen LogP contribution in [0.5, 0.6) is 0 Å². The molecular weight excluding hydrogens is 370 g/mol. The van der Waals surface area contributed by atoms with E-state index in [0.29, 0.717) is 0 Å². The van der Waals surface area contributed by atoms with Crippen molar-refractivity contribution in [2.45, 2.75) is 16.1 Å². The van der Waals surface area contributed by atoms with Gasteiger partial charge in [-0.1, -0.05) is 31.9 Å². The van der Waals surface area contributed by atoms with Crippen molar-refractivity contribution in [1.82, 2.24) is 4.90 Å². The van der Waals surface area contributed by atoms with Crippen LogP contribution >= 0.6 is 31.9 Å². The highest BCUT2D eigenvalue weighted by Gasteiger charge is 2.66. The molecule has 0 aromatic carbocycles. The smallest absolute Gasteiger partial charge is 0.233 e. The Balaban J connectivity index is 1.92. The van der Waals surface area contributed by atoms with Crippen LogP contribution in [0, 0.1) is 23.7 Å². The van der Waals surface area contributed by atoms with Gasteiger partial charge in [0.15, 0.2) is 0 Å². The van der Waals surface area contributed by atoms with E-state index in [1.54, 1.807) is 0 Å². The lowest BCUT2D eigenvalue weighted by Gasteiger charge is -2.28. The van der Waals surface area contributed by atoms with Gasteiger partial charge in [-0.3, -0.25) is 14.5 Å². The van der Waals surface area contributed by atoms with Crippen LogP contribution in [0.4, 0.5) is 0 Å². The van der Waals surface area contributed by atoms with Crippen molar-refractivity contribution in [3.8, 4) is 0 Å². The van der Waals surface area contributed by atoms with Gasteiger partial charge in [0.1, 0.15) is 0 Å². The van der Waals surface area contributed by atoms with E-state index in [-0.39, 0.29) is 45.1 Å². The zero-order valence-electron chi connectivity index (χ0n) is 9.21. The Morgan fingerprint density at radius 1 is 1.17 bits per heavy atom. The summed E-state index contributed by atoms with van der Waals surface area (Å²) in [5.41, 5.74) is 0. The normalized spacial score (nSPS) is 45.8. The number of halogens is 2. The standard InChI is InChI=1S/C11H11Br2NO4/c12-8-3-1-4(9(8)13)7-6(3)10(17)14(11(7)18)2-5(15)16/h3-4,6-9H,1-2H2,(H,15,16)/p-1/t3-,4+,6-,7+,8+,9-. The lowest BCUT2D eigenvalue weighted by atomic mass is 9.81. The van der Waals surface area contributed by atoms with E-state index in [9.17, 15) is 19.5 Å². The number of fused-ring (bicyclic) bond motifs is 5. The SMILES string of the molecule is O=C([O-])CN1C(=O)[C@@H]2[C@H]3C[C@H]([C@@H](Br)[C@H]3Br)[C@@H]2C1=O. The zero-order valence-corrected chi connectivity index (χ0v) is 12.4. The first-order valence-electron chi connectivity index (χ1n) is 5.76. The minimum atomic E-state index is -1.39. The molecule has 1 aliphatic heterocycles. The lowest BCUT2D eigenvalue weighted by molar-refractivity contribution is -0.305. The van der Waals surface area contributed by atoms with E-state index in [0.717, 1.165) is 11.3 Å². The van der Waals surface area contributed by atoms with Gasteiger partial charge in [-0.2, -0.15) is 0 Å². The highest BCUT2D eigenvalue weighted by molar-refractivity contribution is 9.12. The summed E-state index contributed by atoms with van der Waals surface area (Å²) in [4.78, 5) is 36.1. The van der Waals surface area contributed by atoms with Gasteiger partial charge in [0, 0.05) is 9.65 Å². The molecule has 5 nitrogen and oxygen atoms in total. The first-order chi connectivity index (χ1) is 8.43. The largest absolute Gasteiger partial charge is 0.548 e. The van der Waals surface area contributed by atoms with Crippen molar-refractivity contribution in [3.05, 3.63) is 0 Å². The number of carbonyl (C=O) groups excluding carboxylic acids is 3. The number of amides is 2. The van der Waals surface area contributed by atoms with Crippen LogP contribution in [0.2, 0.25) is 0 Å². The van der Waals surface area contributed by atoms with Crippen molar-refractivity contribution in [3.63, 3.8) is 0 Å². The van der Waals surface area contributed by atoms with Crippen LogP contribution in [-0.4, -0.2) is 38.9 Å². The van der Waals surface area contributed by atoms with Crippen molar-refractivity contribution in [2.75, 3.05) is 6.54 Å². The van der Waals surface area contributed by atoms with E-state index < -0.39 is 12.5 Å². The number of hydrogen-bond donors (Lipinski definition) is 0. The summed E-state index contributed by atoms with van der Waals surface area (Å²) < 4.78 is 0. The van der Waals surface area contributed by atoms with Crippen molar-refractivity contribution in [1.29, 1.82) is 0 Å². The molecule has 0 spiro atoms. The number of nitrogens with zero attached hydrogens (tertiary/aromatic N) is 1. The molecule has 0 aromatic rings. The van der Waals surface area contributed by atoms with Gasteiger partial charge >= 0.3 is 0 Å². The zero-order chi connectivity index (χ0) is 13.2. The molecule has 3 aliphatic rings. The van der Waals surface area contributed by atoms with Gasteiger partial charge in [-0.15, -0.1) is 0 Å². The lowest BCUT2D eigenvalue weighted by Crippen LogP contribution is -2.42. The summed E-state index contributed by atoms with van der Waals surface area (Å²) in [5.74, 6) is -2.54. The van der Waals surface area contributed by atoms with Gasteiger partial charge in [-0.05, 0) is 18.3 Å². The first-order valence-corrected chi connectivity index (χ1v) is 7.60. The van der Waals surface area contributed by atoms with Gasteiger partial charge in [-0.25, -0.2) is 0 Å². The quantitative estimate of drug-likeness (QED) is 0.479. The Morgan fingerprint density at radius 3 is 2.00 bits per heavy atom. The molecule has 2 saturated carbocycles. The number of aliphatic carboxylic acids is 1. The van der Waals surface area contributed by atoms with Crippen molar-refractivity contribution < 1.29 is 19.5 Å². The molecule has 0 radical (unpaired) electrons. The molecule has 0 unspecified atom stereocenters. The van der Waals surface area contributed by atoms with Gasteiger partial charge < -0.3 is 9.90 Å². The Kier molecular flexibility index (Phi) is 2.82. The fraction of sp³-hybridized carbons (Fsp3) is 0.727. The topological polar surface area (TPSA) is 77.5 Å². The van der Waals surface area contributed by atoms with Gasteiger partial charge in [0.05, 0.1) is 24.3 Å². The molecule has 3 fully saturated rings. The fourth-order valence-electron chi connectivity index (χ4n) is 3.70. The summed E-state index contributed by atoms with van der Waals surface area (Å²) in [6, 6.07) is 0. The Bertz CT molecular complexity index is 422. The van der Waals surface area contributed by atoms with Gasteiger partial charge in [0.2, 0.25) is 11.8 Å². The maximum Gasteiger partial charge on any atom is 0.233 e. The molecule has 1 saturated heterocycles. The molecule has 18 heavy (non-hydrogen) atoms. The van der Waals surface area contributed by atoms with Gasteiger partial charge in [0.25, 0.3) is 0 Å². The maximum atomic E-state index is 12.2. The Hall–Kier alpha value is -0.430. The molecule has 2 aliphatic carbocycles. The van der Waals surface area contributed by atoms with Crippen LogP contribution in [0.25, 0.3) is 0 Å². The number of imide groups is 1. The first kappa shape index (κ1) is 12.6. The molecule has 1 heterocycles. The van der Waals surface area contributed by atoms with Crippen LogP contribution in [0.1, 0.15) is 6.42 Å². The van der Waals surface area contributed by atoms with E-state index in [1.165, 1.54) is 0 Å². The Morgan fingerprint density at radius 2 is 1.61 bits per heavy atom. The molecule has 6 atom stereocenters. The number of hydrogen-bond acceptors (Lipinski definition) is 4. The molecule has 3 rings (SSSR count). The second-order valence-electron chi connectivity index (χ2n) is 5.14. The number of carbonyl (C=O) groups is 3. The third-order valence-electron chi connectivity index (χ3n) is 4.37. The third kappa shape index (κ3) is 1.46. The van der Waals surface area contributed by atoms with E-state index in [1.807, 2.05) is 0 Å². The van der Waals surface area contributed by atoms with Crippen molar-refractivity contribution >= 4 is 49.6 Å². The predicted molar refractivity (Wildman–Crippen MR) is 65.7 cm³/mol. The summed E-state index contributed by atoms with van der Waals surface area (Å²) in [7, 11) is 0. The highest BCUT2D eigenvalue weighted by atomic mass is 79.9. The summed E-state index contributed by atoms with van der Waals surface area (Å²) in [6.45, 7) is -0.621. The summed E-state index contributed by atoms with van der Waals surface area (Å²) >= 11 is 7.12. The monoisotopic (exact) mass is 378 g/mol. The van der Waals surface area contributed by atoms with Crippen LogP contribution in [0.3, 0.4) is 0 Å². The molecule has 7 heteroatoms. The molecule has 0 aromatic heterocycles. The van der Waals surface area contributed by atoms with E-state index in [4.69, 9.17) is 0 Å². The molecule has 2 bridgehead atoms. The van der Waals surface area contributed by atoms with E-state index >= 15 is 0 Å². The molecule has 2 amide bonds. The number of rotatable bonds is 2. The number of alkyl halides is 2. The third-order valence-corrected chi connectivity index (χ3v) is 7.57. The molecule has 0 N–H and O–H groups in total. The number of carboxylic acids is 1. The summed E-state index contributed by atoms with van der Waals surface area (Å²) in [6.07, 6.45) is 0.845.